The van der Waals surface area contributed by atoms with Gasteiger partial charge >= 0.3 is 0 Å². The van der Waals surface area contributed by atoms with Crippen LogP contribution in [0, 0.1) is 0 Å². The molecule has 1 fully saturated rings. The van der Waals surface area contributed by atoms with Gasteiger partial charge in [0.25, 0.3) is 0 Å². The van der Waals surface area contributed by atoms with Gasteiger partial charge in [-0.3, -0.25) is 4.79 Å². The van der Waals surface area contributed by atoms with Crippen molar-refractivity contribution in [2.24, 2.45) is 0 Å². The molecule has 144 valence electrons. The van der Waals surface area contributed by atoms with Gasteiger partial charge in [0.2, 0.25) is 5.91 Å². The Bertz CT molecular complexity index is 936. The Morgan fingerprint density at radius 3 is 2.22 bits per heavy atom. The third-order valence-corrected chi connectivity index (χ3v) is 8.29. The van der Waals surface area contributed by atoms with Crippen molar-refractivity contribution in [2.45, 2.75) is 48.3 Å². The van der Waals surface area contributed by atoms with Crippen LogP contribution in [0.5, 0.6) is 0 Å². The van der Waals surface area contributed by atoms with E-state index in [2.05, 4.69) is 5.32 Å². The Balaban J connectivity index is 1.93. The predicted molar refractivity (Wildman–Crippen MR) is 108 cm³/mol. The minimum Gasteiger partial charge on any atom is -0.348 e. The number of hydrogen-bond donors (Lipinski definition) is 1. The number of hydrogen-bond acceptors (Lipinski definition) is 3. The lowest BCUT2D eigenvalue weighted by Gasteiger charge is -2.29. The summed E-state index contributed by atoms with van der Waals surface area (Å²) in [6.45, 7) is 1.80. The van der Waals surface area contributed by atoms with Gasteiger partial charge in [0.15, 0.2) is 14.6 Å². The first-order valence-corrected chi connectivity index (χ1v) is 11.1. The Labute approximate surface area is 169 Å². The average Bonchev–Trinajstić information content (AvgIpc) is 3.14. The number of rotatable bonds is 5. The van der Waals surface area contributed by atoms with E-state index in [4.69, 9.17) is 23.2 Å². The summed E-state index contributed by atoms with van der Waals surface area (Å²) in [4.78, 5) is 13.3. The standard InChI is InChI=1S/C20H21Cl2NO3S/c1-14(17-6-2-3-7-18(17)22)23-19(24)20(12-4-5-13-20)27(25,26)16-10-8-15(21)9-11-16/h2-3,6-11,14H,4-5,12-13H2,1H3,(H,23,24). The Morgan fingerprint density at radius 2 is 1.63 bits per heavy atom. The SMILES string of the molecule is CC(NC(=O)C1(S(=O)(=O)c2ccc(Cl)cc2)CCCC1)c1ccccc1Cl. The molecule has 1 N–H and O–H groups in total. The summed E-state index contributed by atoms with van der Waals surface area (Å²) < 4.78 is 25.3. The molecule has 2 aromatic carbocycles. The molecule has 27 heavy (non-hydrogen) atoms. The van der Waals surface area contributed by atoms with Crippen molar-refractivity contribution in [1.82, 2.24) is 5.32 Å². The second-order valence-electron chi connectivity index (χ2n) is 6.88. The van der Waals surface area contributed by atoms with Crippen molar-refractivity contribution >= 4 is 38.9 Å². The molecular formula is C20H21Cl2NO3S. The summed E-state index contributed by atoms with van der Waals surface area (Å²) in [6.07, 6.45) is 2.00. The molecule has 3 rings (SSSR count). The molecule has 0 saturated heterocycles. The molecule has 1 atom stereocenters. The van der Waals surface area contributed by atoms with Crippen LogP contribution in [0.15, 0.2) is 53.4 Å². The van der Waals surface area contributed by atoms with E-state index in [1.54, 1.807) is 13.0 Å². The van der Waals surface area contributed by atoms with Crippen LogP contribution in [0.3, 0.4) is 0 Å². The maximum Gasteiger partial charge on any atom is 0.242 e. The minimum absolute atomic E-state index is 0.120. The topological polar surface area (TPSA) is 63.2 Å². The van der Waals surface area contributed by atoms with Crippen molar-refractivity contribution in [3.63, 3.8) is 0 Å². The second kappa shape index (κ2) is 7.82. The molecule has 0 aromatic heterocycles. The molecule has 1 aliphatic rings. The third-order valence-electron chi connectivity index (χ3n) is 5.18. The molecule has 0 heterocycles. The summed E-state index contributed by atoms with van der Waals surface area (Å²) in [5.41, 5.74) is 0.754. The molecule has 1 unspecified atom stereocenters. The largest absolute Gasteiger partial charge is 0.348 e. The fraction of sp³-hybridized carbons (Fsp3) is 0.350. The molecule has 0 radical (unpaired) electrons. The molecule has 0 aliphatic heterocycles. The number of halogens is 2. The number of benzene rings is 2. The van der Waals surface area contributed by atoms with Gasteiger partial charge in [0.05, 0.1) is 10.9 Å². The van der Waals surface area contributed by atoms with Crippen molar-refractivity contribution < 1.29 is 13.2 Å². The summed E-state index contributed by atoms with van der Waals surface area (Å²) in [6, 6.07) is 12.8. The lowest BCUT2D eigenvalue weighted by Crippen LogP contribution is -2.51. The highest BCUT2D eigenvalue weighted by atomic mass is 35.5. The first kappa shape index (κ1) is 20.2. The van der Waals surface area contributed by atoms with Crippen LogP contribution in [0.4, 0.5) is 0 Å². The van der Waals surface area contributed by atoms with Crippen LogP contribution in [-0.4, -0.2) is 19.1 Å². The van der Waals surface area contributed by atoms with Crippen molar-refractivity contribution in [2.75, 3.05) is 0 Å². The second-order valence-corrected chi connectivity index (χ2v) is 9.98. The monoisotopic (exact) mass is 425 g/mol. The van der Waals surface area contributed by atoms with Crippen LogP contribution in [-0.2, 0) is 14.6 Å². The van der Waals surface area contributed by atoms with Gasteiger partial charge in [-0.2, -0.15) is 0 Å². The van der Waals surface area contributed by atoms with E-state index in [0.29, 0.717) is 35.7 Å². The molecule has 1 saturated carbocycles. The maximum absolute atomic E-state index is 13.4. The summed E-state index contributed by atoms with van der Waals surface area (Å²) in [7, 11) is -3.86. The molecule has 1 amide bonds. The molecule has 2 aromatic rings. The summed E-state index contributed by atoms with van der Waals surface area (Å²) in [5, 5.41) is 3.86. The van der Waals surface area contributed by atoms with Gasteiger partial charge in [0.1, 0.15) is 0 Å². The van der Waals surface area contributed by atoms with Crippen molar-refractivity contribution in [3.05, 3.63) is 64.1 Å². The predicted octanol–water partition coefficient (Wildman–Crippen LogP) is 4.96. The smallest absolute Gasteiger partial charge is 0.242 e. The molecule has 1 aliphatic carbocycles. The van der Waals surface area contributed by atoms with Gasteiger partial charge in [-0.15, -0.1) is 0 Å². The summed E-state index contributed by atoms with van der Waals surface area (Å²) >= 11 is 12.1. The fourth-order valence-electron chi connectivity index (χ4n) is 3.64. The molecule has 0 bridgehead atoms. The normalized spacial score (nSPS) is 17.4. The van der Waals surface area contributed by atoms with E-state index >= 15 is 0 Å². The highest BCUT2D eigenvalue weighted by molar-refractivity contribution is 7.93. The number of carbonyl (C=O) groups excluding carboxylic acids is 1. The van der Waals surface area contributed by atoms with Gasteiger partial charge in [-0.1, -0.05) is 54.2 Å². The summed E-state index contributed by atoms with van der Waals surface area (Å²) in [5.74, 6) is -0.470. The quantitative estimate of drug-likeness (QED) is 0.735. The third kappa shape index (κ3) is 3.73. The molecule has 7 heteroatoms. The Hall–Kier alpha value is -1.56. The van der Waals surface area contributed by atoms with E-state index < -0.39 is 26.5 Å². The zero-order valence-electron chi connectivity index (χ0n) is 14.9. The highest BCUT2D eigenvalue weighted by Crippen LogP contribution is 2.41. The Kier molecular flexibility index (Phi) is 5.84. The van der Waals surface area contributed by atoms with E-state index in [-0.39, 0.29) is 4.90 Å². The van der Waals surface area contributed by atoms with Gasteiger partial charge < -0.3 is 5.32 Å². The van der Waals surface area contributed by atoms with Gasteiger partial charge in [-0.05, 0) is 55.7 Å². The Morgan fingerprint density at radius 1 is 1.04 bits per heavy atom. The minimum atomic E-state index is -3.86. The van der Waals surface area contributed by atoms with Crippen LogP contribution in [0.25, 0.3) is 0 Å². The number of carbonyl (C=O) groups is 1. The first-order valence-electron chi connectivity index (χ1n) is 8.83. The van der Waals surface area contributed by atoms with E-state index in [1.165, 1.54) is 24.3 Å². The van der Waals surface area contributed by atoms with Gasteiger partial charge in [0, 0.05) is 10.0 Å². The van der Waals surface area contributed by atoms with Gasteiger partial charge in [-0.25, -0.2) is 8.42 Å². The average molecular weight is 426 g/mol. The van der Waals surface area contributed by atoms with Crippen LogP contribution >= 0.6 is 23.2 Å². The fourth-order valence-corrected chi connectivity index (χ4v) is 6.14. The van der Waals surface area contributed by atoms with Crippen LogP contribution in [0.2, 0.25) is 10.0 Å². The lowest BCUT2D eigenvalue weighted by atomic mass is 10.0. The van der Waals surface area contributed by atoms with E-state index in [1.807, 2.05) is 18.2 Å². The number of sulfone groups is 1. The zero-order chi connectivity index (χ0) is 19.7. The molecule has 4 nitrogen and oxygen atoms in total. The highest BCUT2D eigenvalue weighted by Gasteiger charge is 2.53. The maximum atomic E-state index is 13.4. The number of nitrogens with one attached hydrogen (secondary N) is 1. The van der Waals surface area contributed by atoms with E-state index in [9.17, 15) is 13.2 Å². The first-order chi connectivity index (χ1) is 12.8. The van der Waals surface area contributed by atoms with Crippen molar-refractivity contribution in [1.29, 1.82) is 0 Å². The van der Waals surface area contributed by atoms with E-state index in [0.717, 1.165) is 5.56 Å². The number of amides is 1. The zero-order valence-corrected chi connectivity index (χ0v) is 17.2. The van der Waals surface area contributed by atoms with Crippen LogP contribution < -0.4 is 5.32 Å². The molecular weight excluding hydrogens is 405 g/mol. The molecule has 0 spiro atoms. The van der Waals surface area contributed by atoms with Crippen LogP contribution in [0.1, 0.15) is 44.2 Å². The lowest BCUT2D eigenvalue weighted by molar-refractivity contribution is -0.124. The van der Waals surface area contributed by atoms with Crippen molar-refractivity contribution in [3.8, 4) is 0 Å².